The summed E-state index contributed by atoms with van der Waals surface area (Å²) in [6.45, 7) is 5.75. The molecule has 2 amide bonds. The second-order valence-corrected chi connectivity index (χ2v) is 9.70. The highest BCUT2D eigenvalue weighted by Crippen LogP contribution is 2.28. The highest BCUT2D eigenvalue weighted by Gasteiger charge is 2.33. The predicted molar refractivity (Wildman–Crippen MR) is 132 cm³/mol. The molecule has 0 radical (unpaired) electrons. The van der Waals surface area contributed by atoms with E-state index in [1.165, 1.54) is 5.56 Å². The Morgan fingerprint density at radius 2 is 1.83 bits per heavy atom. The molecular weight excluding hydrogens is 466 g/mol. The van der Waals surface area contributed by atoms with E-state index in [1.54, 1.807) is 21.7 Å². The number of piperidine rings is 1. The number of amides is 2. The van der Waals surface area contributed by atoms with Crippen molar-refractivity contribution in [2.75, 3.05) is 18.4 Å². The zero-order chi connectivity index (χ0) is 24.5. The number of nitrogens with one attached hydrogen (secondary N) is 1. The number of carbonyl (C=O) groups excluding carboxylic acids is 2. The molecule has 3 heterocycles. The predicted octanol–water partition coefficient (Wildman–Crippen LogP) is 4.31. The van der Waals surface area contributed by atoms with Crippen LogP contribution in [0.4, 0.5) is 5.69 Å². The van der Waals surface area contributed by atoms with Crippen molar-refractivity contribution in [1.82, 2.24) is 19.9 Å². The van der Waals surface area contributed by atoms with E-state index < -0.39 is 0 Å². The summed E-state index contributed by atoms with van der Waals surface area (Å²) in [4.78, 5) is 27.7. The van der Waals surface area contributed by atoms with Crippen LogP contribution in [-0.4, -0.2) is 44.8 Å². The van der Waals surface area contributed by atoms with Crippen molar-refractivity contribution < 1.29 is 14.3 Å². The molecule has 3 aromatic rings. The molecule has 1 aromatic heterocycles. The third-order valence-electron chi connectivity index (χ3n) is 6.83. The van der Waals surface area contributed by atoms with Gasteiger partial charge in [0, 0.05) is 29.7 Å². The number of carbonyl (C=O) groups is 2. The maximum Gasteiger partial charge on any atom is 0.276 e. The number of rotatable bonds is 4. The SMILES string of the molecule is Cc1ccc(C2Cn3nnc(C(=O)N4CCC(C(=O)Nc5ccc(Cl)c(C)c5)CC4)c3CO2)cc1. The van der Waals surface area contributed by atoms with Crippen LogP contribution in [0.15, 0.2) is 42.5 Å². The van der Waals surface area contributed by atoms with E-state index in [0.717, 1.165) is 16.8 Å². The number of ether oxygens (including phenoxy) is 1. The molecule has 0 aliphatic carbocycles. The Labute approximate surface area is 209 Å². The van der Waals surface area contributed by atoms with Crippen molar-refractivity contribution in [3.05, 3.63) is 75.6 Å². The van der Waals surface area contributed by atoms with Crippen molar-refractivity contribution in [2.45, 2.75) is 45.9 Å². The van der Waals surface area contributed by atoms with Gasteiger partial charge in [-0.3, -0.25) is 9.59 Å². The average Bonchev–Trinajstić information content (AvgIpc) is 3.29. The van der Waals surface area contributed by atoms with E-state index in [2.05, 4.69) is 46.8 Å². The number of aryl methyl sites for hydroxylation is 2. The van der Waals surface area contributed by atoms with Crippen LogP contribution >= 0.6 is 11.6 Å². The fourth-order valence-corrected chi connectivity index (χ4v) is 4.74. The van der Waals surface area contributed by atoms with E-state index in [0.29, 0.717) is 48.9 Å². The number of aromatic nitrogens is 3. The van der Waals surface area contributed by atoms with Crippen LogP contribution in [0.1, 0.15) is 51.8 Å². The van der Waals surface area contributed by atoms with Crippen molar-refractivity contribution in [2.24, 2.45) is 5.92 Å². The Balaban J connectivity index is 1.18. The summed E-state index contributed by atoms with van der Waals surface area (Å²) in [6.07, 6.45) is 1.07. The van der Waals surface area contributed by atoms with Gasteiger partial charge in [0.05, 0.1) is 18.8 Å². The van der Waals surface area contributed by atoms with Crippen molar-refractivity contribution in [3.8, 4) is 0 Å². The number of hydrogen-bond donors (Lipinski definition) is 1. The van der Waals surface area contributed by atoms with Crippen LogP contribution < -0.4 is 5.32 Å². The van der Waals surface area contributed by atoms with Gasteiger partial charge in [0.15, 0.2) is 5.69 Å². The topological polar surface area (TPSA) is 89.4 Å². The first-order valence-corrected chi connectivity index (χ1v) is 12.2. The molecule has 1 unspecified atom stereocenters. The molecule has 0 spiro atoms. The Bertz CT molecular complexity index is 1250. The minimum atomic E-state index is -0.157. The van der Waals surface area contributed by atoms with Crippen LogP contribution in [0.2, 0.25) is 5.02 Å². The second kappa shape index (κ2) is 9.79. The first-order chi connectivity index (χ1) is 16.9. The lowest BCUT2D eigenvalue weighted by Crippen LogP contribution is -2.42. The zero-order valence-electron chi connectivity index (χ0n) is 19.8. The Morgan fingerprint density at radius 3 is 2.54 bits per heavy atom. The lowest BCUT2D eigenvalue weighted by atomic mass is 9.95. The van der Waals surface area contributed by atoms with Gasteiger partial charge in [-0.15, -0.1) is 5.10 Å². The fraction of sp³-hybridized carbons (Fsp3) is 0.385. The van der Waals surface area contributed by atoms with E-state index in [1.807, 2.05) is 13.0 Å². The van der Waals surface area contributed by atoms with Gasteiger partial charge in [0.2, 0.25) is 5.91 Å². The molecule has 1 fully saturated rings. The van der Waals surface area contributed by atoms with Crippen molar-refractivity contribution in [3.63, 3.8) is 0 Å². The first-order valence-electron chi connectivity index (χ1n) is 11.9. The summed E-state index contributed by atoms with van der Waals surface area (Å²) < 4.78 is 7.83. The lowest BCUT2D eigenvalue weighted by Gasteiger charge is -2.31. The number of halogens is 1. The molecule has 0 saturated carbocycles. The highest BCUT2D eigenvalue weighted by atomic mass is 35.5. The largest absolute Gasteiger partial charge is 0.365 e. The summed E-state index contributed by atoms with van der Waals surface area (Å²) in [7, 11) is 0. The minimum absolute atomic E-state index is 0.0320. The third kappa shape index (κ3) is 4.94. The van der Waals surface area contributed by atoms with E-state index >= 15 is 0 Å². The Hall–Kier alpha value is -3.23. The van der Waals surface area contributed by atoms with E-state index in [4.69, 9.17) is 16.3 Å². The molecule has 35 heavy (non-hydrogen) atoms. The Kier molecular flexibility index (Phi) is 6.58. The summed E-state index contributed by atoms with van der Waals surface area (Å²) in [5, 5.41) is 12.1. The number of fused-ring (bicyclic) bond motifs is 1. The van der Waals surface area contributed by atoms with Crippen LogP contribution in [0.25, 0.3) is 0 Å². The minimum Gasteiger partial charge on any atom is -0.365 e. The summed E-state index contributed by atoms with van der Waals surface area (Å²) in [5.41, 5.74) is 4.97. The molecule has 5 rings (SSSR count). The fourth-order valence-electron chi connectivity index (χ4n) is 4.62. The van der Waals surface area contributed by atoms with Crippen LogP contribution in [0.5, 0.6) is 0 Å². The van der Waals surface area contributed by atoms with Gasteiger partial charge in [-0.25, -0.2) is 4.68 Å². The van der Waals surface area contributed by atoms with Gasteiger partial charge in [0.25, 0.3) is 5.91 Å². The summed E-state index contributed by atoms with van der Waals surface area (Å²) >= 11 is 6.07. The normalized spacial score (nSPS) is 18.3. The quantitative estimate of drug-likeness (QED) is 0.585. The molecule has 0 bridgehead atoms. The lowest BCUT2D eigenvalue weighted by molar-refractivity contribution is -0.121. The zero-order valence-corrected chi connectivity index (χ0v) is 20.6. The number of benzene rings is 2. The number of likely N-dealkylation sites (tertiary alicyclic amines) is 1. The smallest absolute Gasteiger partial charge is 0.276 e. The van der Waals surface area contributed by atoms with Gasteiger partial charge in [0.1, 0.15) is 6.10 Å². The van der Waals surface area contributed by atoms with Gasteiger partial charge < -0.3 is 15.0 Å². The number of nitrogens with zero attached hydrogens (tertiary/aromatic N) is 4. The molecule has 1 saturated heterocycles. The molecule has 1 atom stereocenters. The molecule has 2 aliphatic rings. The molecule has 2 aromatic carbocycles. The van der Waals surface area contributed by atoms with Gasteiger partial charge in [-0.05, 0) is 56.0 Å². The molecule has 2 aliphatic heterocycles. The summed E-state index contributed by atoms with van der Waals surface area (Å²) in [5.74, 6) is -0.339. The number of anilines is 1. The maximum absolute atomic E-state index is 13.2. The van der Waals surface area contributed by atoms with Crippen LogP contribution in [-0.2, 0) is 22.7 Å². The van der Waals surface area contributed by atoms with E-state index in [9.17, 15) is 9.59 Å². The van der Waals surface area contributed by atoms with Crippen molar-refractivity contribution in [1.29, 1.82) is 0 Å². The highest BCUT2D eigenvalue weighted by molar-refractivity contribution is 6.31. The number of hydrogen-bond acceptors (Lipinski definition) is 5. The molecule has 182 valence electrons. The van der Waals surface area contributed by atoms with Gasteiger partial charge in [-0.2, -0.15) is 0 Å². The molecule has 8 nitrogen and oxygen atoms in total. The maximum atomic E-state index is 13.2. The van der Waals surface area contributed by atoms with Crippen LogP contribution in [0.3, 0.4) is 0 Å². The van der Waals surface area contributed by atoms with Crippen LogP contribution in [0, 0.1) is 19.8 Å². The first kappa shape index (κ1) is 23.5. The van der Waals surface area contributed by atoms with E-state index in [-0.39, 0.29) is 30.4 Å². The van der Waals surface area contributed by atoms with Crippen molar-refractivity contribution >= 4 is 29.1 Å². The second-order valence-electron chi connectivity index (χ2n) is 9.30. The monoisotopic (exact) mass is 493 g/mol. The molecular formula is C26H28ClN5O3. The molecule has 1 N–H and O–H groups in total. The summed E-state index contributed by atoms with van der Waals surface area (Å²) in [6, 6.07) is 13.7. The van der Waals surface area contributed by atoms with Gasteiger partial charge >= 0.3 is 0 Å². The average molecular weight is 494 g/mol. The Morgan fingerprint density at radius 1 is 1.09 bits per heavy atom. The van der Waals surface area contributed by atoms with Gasteiger partial charge in [-0.1, -0.05) is 46.6 Å². The molecule has 9 heteroatoms. The standard InChI is InChI=1S/C26H28ClN5O3/c1-16-3-5-18(6-4-16)23-14-32-22(15-35-23)24(29-30-32)26(34)31-11-9-19(10-12-31)25(33)28-20-7-8-21(27)17(2)13-20/h3-8,13,19,23H,9-12,14-15H2,1-2H3,(H,28,33). The third-order valence-corrected chi connectivity index (χ3v) is 7.25.